The van der Waals surface area contributed by atoms with E-state index in [9.17, 15) is 4.79 Å². The van der Waals surface area contributed by atoms with Gasteiger partial charge in [0.1, 0.15) is 5.78 Å². The van der Waals surface area contributed by atoms with Crippen LogP contribution in [0.3, 0.4) is 0 Å². The Hall–Kier alpha value is -2.33. The van der Waals surface area contributed by atoms with Gasteiger partial charge < -0.3 is 0 Å². The fraction of sp³-hybridized carbons (Fsp3) is 0.200. The first-order valence-electron chi connectivity index (χ1n) is 8.21. The van der Waals surface area contributed by atoms with Crippen LogP contribution in [-0.2, 0) is 4.79 Å². The molecule has 0 aliphatic heterocycles. The number of carbonyl (C=O) groups is 1. The lowest BCUT2D eigenvalue weighted by molar-refractivity contribution is -0.116. The number of hydrogen-bond acceptors (Lipinski definition) is 3. The highest BCUT2D eigenvalue weighted by Gasteiger charge is 2.27. The second kappa shape index (κ2) is 6.65. The van der Waals surface area contributed by atoms with Gasteiger partial charge in [0.15, 0.2) is 5.16 Å². The number of benzene rings is 2. The van der Waals surface area contributed by atoms with Crippen LogP contribution in [0.25, 0.3) is 16.9 Å². The summed E-state index contributed by atoms with van der Waals surface area (Å²) >= 11 is 1.60. The Kier molecular flexibility index (Phi) is 4.22. The summed E-state index contributed by atoms with van der Waals surface area (Å²) in [5, 5.41) is 0.929. The summed E-state index contributed by atoms with van der Waals surface area (Å²) in [5.74, 6) is 0.351. The zero-order chi connectivity index (χ0) is 16.4. The first-order valence-corrected chi connectivity index (χ1v) is 9.09. The van der Waals surface area contributed by atoms with Crippen molar-refractivity contribution in [3.8, 4) is 16.9 Å². The molecule has 1 atom stereocenters. The lowest BCUT2D eigenvalue weighted by atomic mass is 10.1. The summed E-state index contributed by atoms with van der Waals surface area (Å²) in [6.07, 6.45) is 4.55. The maximum absolute atomic E-state index is 12.0. The lowest BCUT2D eigenvalue weighted by Crippen LogP contribution is -2.10. The monoisotopic (exact) mass is 334 g/mol. The highest BCUT2D eigenvalue weighted by molar-refractivity contribution is 8.00. The molecule has 3 aromatic rings. The molecule has 0 amide bonds. The molecule has 1 unspecified atom stereocenters. The minimum absolute atomic E-state index is 0.0403. The molecule has 120 valence electrons. The maximum Gasteiger partial charge on any atom is 0.173 e. The molecule has 24 heavy (non-hydrogen) atoms. The van der Waals surface area contributed by atoms with Gasteiger partial charge in [0, 0.05) is 17.7 Å². The lowest BCUT2D eigenvalue weighted by Gasteiger charge is -2.13. The number of nitrogens with zero attached hydrogens (tertiary/aromatic N) is 2. The van der Waals surface area contributed by atoms with E-state index in [2.05, 4.69) is 33.8 Å². The van der Waals surface area contributed by atoms with Crippen LogP contribution < -0.4 is 0 Å². The molecule has 0 radical (unpaired) electrons. The Bertz CT molecular complexity index is 843. The van der Waals surface area contributed by atoms with Crippen LogP contribution >= 0.6 is 11.8 Å². The molecule has 4 rings (SSSR count). The van der Waals surface area contributed by atoms with Crippen molar-refractivity contribution in [2.45, 2.75) is 29.7 Å². The highest BCUT2D eigenvalue weighted by Crippen LogP contribution is 2.35. The topological polar surface area (TPSA) is 34.9 Å². The van der Waals surface area contributed by atoms with E-state index in [0.29, 0.717) is 12.2 Å². The third-order valence-electron chi connectivity index (χ3n) is 4.31. The SMILES string of the molecule is O=C1CCCC1Sc1ncc(-c2ccccc2)n1-c1ccccc1. The quantitative estimate of drug-likeness (QED) is 0.690. The number of carbonyl (C=O) groups excluding carboxylic acids is 1. The Morgan fingerprint density at radius 2 is 1.71 bits per heavy atom. The first kappa shape index (κ1) is 15.2. The van der Waals surface area contributed by atoms with E-state index < -0.39 is 0 Å². The van der Waals surface area contributed by atoms with Gasteiger partial charge in [-0.25, -0.2) is 4.98 Å². The average Bonchev–Trinajstić information content (AvgIpc) is 3.23. The smallest absolute Gasteiger partial charge is 0.173 e. The van der Waals surface area contributed by atoms with E-state index >= 15 is 0 Å². The van der Waals surface area contributed by atoms with E-state index in [1.54, 1.807) is 11.8 Å². The van der Waals surface area contributed by atoms with Gasteiger partial charge in [-0.3, -0.25) is 9.36 Å². The molecule has 3 nitrogen and oxygen atoms in total. The van der Waals surface area contributed by atoms with Crippen LogP contribution in [0.15, 0.2) is 72.0 Å². The number of rotatable bonds is 4. The van der Waals surface area contributed by atoms with Crippen LogP contribution in [0.2, 0.25) is 0 Å². The average molecular weight is 334 g/mol. The van der Waals surface area contributed by atoms with E-state index in [1.807, 2.05) is 42.6 Å². The number of Topliss-reactive ketones (excluding diaryl/α,β-unsaturated/α-hetero) is 1. The fourth-order valence-electron chi connectivity index (χ4n) is 3.09. The molecule has 1 heterocycles. The number of aromatic nitrogens is 2. The van der Waals surface area contributed by atoms with Gasteiger partial charge in [-0.2, -0.15) is 0 Å². The van der Waals surface area contributed by atoms with Gasteiger partial charge in [0.05, 0.1) is 17.1 Å². The Morgan fingerprint density at radius 3 is 2.38 bits per heavy atom. The van der Waals surface area contributed by atoms with Crippen molar-refractivity contribution in [1.29, 1.82) is 0 Å². The molecule has 0 N–H and O–H groups in total. The summed E-state index contributed by atoms with van der Waals surface area (Å²) < 4.78 is 2.16. The molecule has 1 aliphatic rings. The molecule has 1 saturated carbocycles. The number of hydrogen-bond donors (Lipinski definition) is 0. The highest BCUT2D eigenvalue weighted by atomic mass is 32.2. The number of thioether (sulfide) groups is 1. The van der Waals surface area contributed by atoms with Crippen molar-refractivity contribution in [2.24, 2.45) is 0 Å². The number of ketones is 1. The molecular weight excluding hydrogens is 316 g/mol. The van der Waals surface area contributed by atoms with Crippen LogP contribution in [-0.4, -0.2) is 20.6 Å². The molecule has 1 aliphatic carbocycles. The Morgan fingerprint density at radius 1 is 1.00 bits per heavy atom. The van der Waals surface area contributed by atoms with E-state index in [-0.39, 0.29) is 5.25 Å². The van der Waals surface area contributed by atoms with Gasteiger partial charge in [0.25, 0.3) is 0 Å². The molecule has 1 aromatic heterocycles. The van der Waals surface area contributed by atoms with E-state index in [1.165, 1.54) is 0 Å². The summed E-state index contributed by atoms with van der Waals surface area (Å²) in [6, 6.07) is 20.5. The van der Waals surface area contributed by atoms with Crippen molar-refractivity contribution < 1.29 is 4.79 Å². The summed E-state index contributed by atoms with van der Waals surface area (Å²) in [7, 11) is 0. The van der Waals surface area contributed by atoms with Crippen LogP contribution in [0, 0.1) is 0 Å². The molecule has 2 aromatic carbocycles. The van der Waals surface area contributed by atoms with Crippen molar-refractivity contribution in [2.75, 3.05) is 0 Å². The van der Waals surface area contributed by atoms with Crippen molar-refractivity contribution in [3.63, 3.8) is 0 Å². The van der Waals surface area contributed by atoms with Gasteiger partial charge in [-0.15, -0.1) is 0 Å². The Balaban J connectivity index is 1.79. The summed E-state index contributed by atoms with van der Waals surface area (Å²) in [6.45, 7) is 0. The van der Waals surface area contributed by atoms with E-state index in [0.717, 1.165) is 34.9 Å². The van der Waals surface area contributed by atoms with Gasteiger partial charge in [-0.05, 0) is 25.0 Å². The van der Waals surface area contributed by atoms with Crippen LogP contribution in [0.4, 0.5) is 0 Å². The molecular formula is C20H18N2OS. The molecule has 0 saturated heterocycles. The molecule has 1 fully saturated rings. The fourth-order valence-corrected chi connectivity index (χ4v) is 4.30. The van der Waals surface area contributed by atoms with Gasteiger partial charge >= 0.3 is 0 Å². The first-order chi connectivity index (χ1) is 11.8. The third-order valence-corrected chi connectivity index (χ3v) is 5.59. The second-order valence-corrected chi connectivity index (χ2v) is 7.10. The predicted octanol–water partition coefficient (Wildman–Crippen LogP) is 4.75. The minimum Gasteiger partial charge on any atom is -0.298 e. The predicted molar refractivity (Wildman–Crippen MR) is 97.5 cm³/mol. The third kappa shape index (κ3) is 2.89. The maximum atomic E-state index is 12.0. The number of imidazole rings is 1. The normalized spacial score (nSPS) is 17.3. The van der Waals surface area contributed by atoms with Crippen molar-refractivity contribution >= 4 is 17.5 Å². The largest absolute Gasteiger partial charge is 0.298 e. The van der Waals surface area contributed by atoms with Crippen molar-refractivity contribution in [1.82, 2.24) is 9.55 Å². The zero-order valence-corrected chi connectivity index (χ0v) is 14.1. The van der Waals surface area contributed by atoms with Crippen LogP contribution in [0.1, 0.15) is 19.3 Å². The van der Waals surface area contributed by atoms with Crippen molar-refractivity contribution in [3.05, 3.63) is 66.9 Å². The summed E-state index contributed by atoms with van der Waals surface area (Å²) in [4.78, 5) is 16.7. The second-order valence-electron chi connectivity index (χ2n) is 5.93. The van der Waals surface area contributed by atoms with E-state index in [4.69, 9.17) is 0 Å². The van der Waals surface area contributed by atoms with Crippen LogP contribution in [0.5, 0.6) is 0 Å². The van der Waals surface area contributed by atoms with Gasteiger partial charge in [-0.1, -0.05) is 60.3 Å². The number of para-hydroxylation sites is 1. The standard InChI is InChI=1S/C20H18N2OS/c23-18-12-7-13-19(18)24-20-21-14-17(15-8-3-1-4-9-15)22(20)16-10-5-2-6-11-16/h1-6,8-11,14,19H,7,12-13H2. The Labute approximate surface area is 145 Å². The molecule has 0 spiro atoms. The zero-order valence-electron chi connectivity index (χ0n) is 13.3. The molecule has 0 bridgehead atoms. The molecule has 4 heteroatoms. The van der Waals surface area contributed by atoms with Gasteiger partial charge in [0.2, 0.25) is 0 Å². The summed E-state index contributed by atoms with van der Waals surface area (Å²) in [5.41, 5.74) is 3.25. The minimum atomic E-state index is 0.0403.